The number of alkyl halides is 3. The molecular weight excluding hydrogens is 497 g/mol. The number of rotatable bonds is 4. The Labute approximate surface area is 181 Å². The zero-order valence-electron chi connectivity index (χ0n) is 15.9. The number of halogens is 11. The Morgan fingerprint density at radius 3 is 1.41 bits per heavy atom. The summed E-state index contributed by atoms with van der Waals surface area (Å²) >= 11 is 0. The number of benzene rings is 3. The lowest BCUT2D eigenvalue weighted by Crippen LogP contribution is -2.14. The van der Waals surface area contributed by atoms with Crippen molar-refractivity contribution in [3.05, 3.63) is 70.3 Å². The largest absolute Gasteiger partial charge is 0.448 e. The van der Waals surface area contributed by atoms with Crippen LogP contribution in [0.4, 0.5) is 59.7 Å². The molecule has 182 valence electrons. The molecule has 3 aromatic carbocycles. The average Bonchev–Trinajstić information content (AvgIpc) is 2.73. The first-order chi connectivity index (χ1) is 15.6. The third kappa shape index (κ3) is 4.20. The molecule has 15 heteroatoms. The van der Waals surface area contributed by atoms with Crippen LogP contribution in [0.2, 0.25) is 0 Å². The van der Waals surface area contributed by atoms with Crippen molar-refractivity contribution in [1.29, 1.82) is 0 Å². The summed E-state index contributed by atoms with van der Waals surface area (Å²) in [6, 6.07) is -0.133. The lowest BCUT2D eigenvalue weighted by molar-refractivity contribution is -0.141. The third-order valence-corrected chi connectivity index (χ3v) is 4.13. The van der Waals surface area contributed by atoms with Gasteiger partial charge < -0.3 is 20.9 Å². The van der Waals surface area contributed by atoms with Gasteiger partial charge >= 0.3 is 6.18 Å². The molecular formula is C19H7F11N2O2. The van der Waals surface area contributed by atoms with Crippen LogP contribution in [0, 0.1) is 46.5 Å². The van der Waals surface area contributed by atoms with Gasteiger partial charge in [-0.2, -0.15) is 26.3 Å². The van der Waals surface area contributed by atoms with E-state index >= 15 is 0 Å². The summed E-state index contributed by atoms with van der Waals surface area (Å²) < 4.78 is 161. The molecule has 3 rings (SSSR count). The van der Waals surface area contributed by atoms with E-state index in [-0.39, 0.29) is 18.2 Å². The summed E-state index contributed by atoms with van der Waals surface area (Å²) in [5.41, 5.74) is 5.21. The van der Waals surface area contributed by atoms with Crippen molar-refractivity contribution < 1.29 is 57.8 Å². The van der Waals surface area contributed by atoms with Gasteiger partial charge in [0.1, 0.15) is 11.4 Å². The second-order valence-electron chi connectivity index (χ2n) is 6.39. The molecule has 0 saturated heterocycles. The summed E-state index contributed by atoms with van der Waals surface area (Å²) in [4.78, 5) is 0. The molecule has 0 atom stereocenters. The Hall–Kier alpha value is -3.91. The van der Waals surface area contributed by atoms with Gasteiger partial charge in [-0.05, 0) is 0 Å². The smallest absolute Gasteiger partial charge is 0.422 e. The van der Waals surface area contributed by atoms with Crippen LogP contribution in [0.1, 0.15) is 5.56 Å². The van der Waals surface area contributed by atoms with E-state index in [4.69, 9.17) is 11.5 Å². The predicted octanol–water partition coefficient (Wildman–Crippen LogP) is 6.57. The second-order valence-corrected chi connectivity index (χ2v) is 6.39. The van der Waals surface area contributed by atoms with Gasteiger partial charge in [-0.3, -0.25) is 0 Å². The quantitative estimate of drug-likeness (QED) is 0.240. The lowest BCUT2D eigenvalue weighted by atomic mass is 10.1. The zero-order valence-corrected chi connectivity index (χ0v) is 15.9. The van der Waals surface area contributed by atoms with Gasteiger partial charge in [0.15, 0.2) is 34.8 Å². The summed E-state index contributed by atoms with van der Waals surface area (Å²) in [6.45, 7) is 0. The first kappa shape index (κ1) is 24.7. The Balaban J connectivity index is 2.28. The Kier molecular flexibility index (Phi) is 6.15. The molecule has 0 heterocycles. The zero-order chi connectivity index (χ0) is 25.7. The van der Waals surface area contributed by atoms with Crippen molar-refractivity contribution in [1.82, 2.24) is 0 Å². The van der Waals surface area contributed by atoms with Gasteiger partial charge in [-0.25, -0.2) is 22.0 Å². The van der Waals surface area contributed by atoms with Crippen molar-refractivity contribution in [2.75, 3.05) is 11.5 Å². The van der Waals surface area contributed by atoms with Crippen LogP contribution in [-0.2, 0) is 6.18 Å². The fourth-order valence-corrected chi connectivity index (χ4v) is 2.60. The van der Waals surface area contributed by atoms with E-state index in [1.54, 1.807) is 0 Å². The molecule has 0 amide bonds. The first-order valence-corrected chi connectivity index (χ1v) is 8.45. The van der Waals surface area contributed by atoms with E-state index < -0.39 is 92.7 Å². The van der Waals surface area contributed by atoms with Crippen LogP contribution < -0.4 is 20.9 Å². The minimum absolute atomic E-state index is 0.0819. The maximum Gasteiger partial charge on any atom is 0.422 e. The van der Waals surface area contributed by atoms with Crippen LogP contribution in [0.5, 0.6) is 23.0 Å². The van der Waals surface area contributed by atoms with Crippen molar-refractivity contribution in [2.45, 2.75) is 6.18 Å². The van der Waals surface area contributed by atoms with Crippen LogP contribution >= 0.6 is 0 Å². The number of hydrogen-bond acceptors (Lipinski definition) is 4. The van der Waals surface area contributed by atoms with E-state index in [0.29, 0.717) is 0 Å². The van der Waals surface area contributed by atoms with Crippen molar-refractivity contribution in [3.8, 4) is 23.0 Å². The number of ether oxygens (including phenoxy) is 2. The highest BCUT2D eigenvalue weighted by molar-refractivity contribution is 5.54. The molecule has 0 aliphatic rings. The highest BCUT2D eigenvalue weighted by Gasteiger charge is 2.42. The lowest BCUT2D eigenvalue weighted by Gasteiger charge is -2.19. The normalized spacial score (nSPS) is 11.6. The highest BCUT2D eigenvalue weighted by Crippen LogP contribution is 2.47. The SMILES string of the molecule is Nc1cc(F)c(F)c(Oc2cc(F)c(C(F)(F)F)c(Oc3c(F)c(N)cc(F)c3F)c2F)c1F. The molecule has 0 radical (unpaired) electrons. The Morgan fingerprint density at radius 2 is 0.971 bits per heavy atom. The maximum atomic E-state index is 14.9. The number of hydrogen-bond donors (Lipinski definition) is 2. The van der Waals surface area contributed by atoms with Crippen LogP contribution in [-0.4, -0.2) is 0 Å². The first-order valence-electron chi connectivity index (χ1n) is 8.45. The molecule has 0 saturated carbocycles. The topological polar surface area (TPSA) is 70.5 Å². The molecule has 0 fully saturated rings. The fraction of sp³-hybridized carbons (Fsp3) is 0.0526. The monoisotopic (exact) mass is 504 g/mol. The molecule has 0 spiro atoms. The number of nitrogen functional groups attached to an aromatic ring is 2. The van der Waals surface area contributed by atoms with E-state index in [0.717, 1.165) is 0 Å². The third-order valence-electron chi connectivity index (χ3n) is 4.13. The molecule has 0 aliphatic carbocycles. The molecule has 0 aromatic heterocycles. The van der Waals surface area contributed by atoms with Crippen LogP contribution in [0.3, 0.4) is 0 Å². The van der Waals surface area contributed by atoms with Gasteiger partial charge in [0.25, 0.3) is 0 Å². The minimum Gasteiger partial charge on any atom is -0.448 e. The Bertz CT molecular complexity index is 1260. The molecule has 4 N–H and O–H groups in total. The van der Waals surface area contributed by atoms with Crippen LogP contribution in [0.15, 0.2) is 18.2 Å². The molecule has 3 aromatic rings. The molecule has 34 heavy (non-hydrogen) atoms. The molecule has 0 bridgehead atoms. The maximum absolute atomic E-state index is 14.9. The molecule has 0 unspecified atom stereocenters. The van der Waals surface area contributed by atoms with Gasteiger partial charge in [-0.1, -0.05) is 0 Å². The standard InChI is InChI=1S/C19H7F11N2O2/c20-4-3-9(33-17-11(23)5(21)1-7(31)13(17)25)15(27)16(10(4)19(28,29)30)34-18-12(24)6(22)2-8(32)14(18)26/h1-3H,31-32H2. The average molecular weight is 504 g/mol. The molecule has 0 aliphatic heterocycles. The fourth-order valence-electron chi connectivity index (χ4n) is 2.60. The van der Waals surface area contributed by atoms with E-state index in [2.05, 4.69) is 9.47 Å². The summed E-state index contributed by atoms with van der Waals surface area (Å²) in [7, 11) is 0. The van der Waals surface area contributed by atoms with E-state index in [1.807, 2.05) is 0 Å². The summed E-state index contributed by atoms with van der Waals surface area (Å²) in [5.74, 6) is -24.8. The van der Waals surface area contributed by atoms with Gasteiger partial charge in [0, 0.05) is 18.2 Å². The highest BCUT2D eigenvalue weighted by atomic mass is 19.4. The Morgan fingerprint density at radius 1 is 0.529 bits per heavy atom. The number of anilines is 2. The van der Waals surface area contributed by atoms with Crippen molar-refractivity contribution in [2.24, 2.45) is 0 Å². The van der Waals surface area contributed by atoms with Crippen molar-refractivity contribution in [3.63, 3.8) is 0 Å². The second kappa shape index (κ2) is 8.46. The number of nitrogens with two attached hydrogens (primary N) is 2. The minimum atomic E-state index is -5.79. The van der Waals surface area contributed by atoms with Crippen LogP contribution in [0.25, 0.3) is 0 Å². The van der Waals surface area contributed by atoms with Gasteiger partial charge in [0.2, 0.25) is 29.0 Å². The van der Waals surface area contributed by atoms with Crippen molar-refractivity contribution >= 4 is 11.4 Å². The molecule has 4 nitrogen and oxygen atoms in total. The van der Waals surface area contributed by atoms with Gasteiger partial charge in [0.05, 0.1) is 11.4 Å². The summed E-state index contributed by atoms with van der Waals surface area (Å²) in [5, 5.41) is 0. The van der Waals surface area contributed by atoms with E-state index in [1.165, 1.54) is 0 Å². The predicted molar refractivity (Wildman–Crippen MR) is 93.0 cm³/mol. The van der Waals surface area contributed by atoms with E-state index in [9.17, 15) is 48.3 Å². The summed E-state index contributed by atoms with van der Waals surface area (Å²) in [6.07, 6.45) is -5.79. The van der Waals surface area contributed by atoms with Gasteiger partial charge in [-0.15, -0.1) is 0 Å².